The maximum absolute atomic E-state index is 12.5. The number of furan rings is 1. The lowest BCUT2D eigenvalue weighted by atomic mass is 10.1. The molecule has 0 aliphatic carbocycles. The Bertz CT molecular complexity index is 1120. The number of halogens is 2. The second-order valence-corrected chi connectivity index (χ2v) is 7.11. The molecule has 4 nitrogen and oxygen atoms in total. The molecule has 28 heavy (non-hydrogen) atoms. The van der Waals surface area contributed by atoms with E-state index in [-0.39, 0.29) is 5.57 Å². The van der Waals surface area contributed by atoms with E-state index in [4.69, 9.17) is 27.6 Å². The van der Waals surface area contributed by atoms with Crippen LogP contribution in [0.3, 0.4) is 0 Å². The van der Waals surface area contributed by atoms with Crippen LogP contribution in [0.15, 0.2) is 58.5 Å². The highest BCUT2D eigenvalue weighted by Gasteiger charge is 2.13. The van der Waals surface area contributed by atoms with Crippen molar-refractivity contribution in [3.05, 3.63) is 81.0 Å². The Morgan fingerprint density at radius 3 is 2.57 bits per heavy atom. The monoisotopic (exact) mass is 410 g/mol. The molecule has 0 aliphatic rings. The van der Waals surface area contributed by atoms with Gasteiger partial charge in [-0.25, -0.2) is 0 Å². The predicted molar refractivity (Wildman–Crippen MR) is 112 cm³/mol. The molecule has 0 bridgehead atoms. The van der Waals surface area contributed by atoms with Gasteiger partial charge in [-0.3, -0.25) is 4.79 Å². The number of hydrogen-bond acceptors (Lipinski definition) is 3. The summed E-state index contributed by atoms with van der Waals surface area (Å²) < 4.78 is 5.73. The lowest BCUT2D eigenvalue weighted by Gasteiger charge is -2.08. The van der Waals surface area contributed by atoms with Crippen molar-refractivity contribution in [1.29, 1.82) is 5.26 Å². The lowest BCUT2D eigenvalue weighted by Crippen LogP contribution is -2.14. The third-order valence-electron chi connectivity index (χ3n) is 4.11. The van der Waals surface area contributed by atoms with Crippen LogP contribution >= 0.6 is 23.2 Å². The number of aryl methyl sites for hydroxylation is 2. The van der Waals surface area contributed by atoms with Crippen molar-refractivity contribution >= 4 is 40.9 Å². The molecule has 1 N–H and O–H groups in total. The number of hydrogen-bond donors (Lipinski definition) is 1. The number of carbonyl (C=O) groups excluding carboxylic acids is 1. The minimum atomic E-state index is -0.503. The van der Waals surface area contributed by atoms with Crippen LogP contribution in [0.5, 0.6) is 0 Å². The Morgan fingerprint density at radius 1 is 1.11 bits per heavy atom. The van der Waals surface area contributed by atoms with Crippen molar-refractivity contribution in [2.75, 3.05) is 5.32 Å². The molecule has 3 aromatic rings. The van der Waals surface area contributed by atoms with Crippen LogP contribution in [-0.2, 0) is 4.79 Å². The number of carbonyl (C=O) groups is 1. The second kappa shape index (κ2) is 8.35. The van der Waals surface area contributed by atoms with Crippen molar-refractivity contribution in [2.45, 2.75) is 13.8 Å². The molecule has 140 valence electrons. The van der Waals surface area contributed by atoms with Crippen LogP contribution in [0.4, 0.5) is 5.69 Å². The van der Waals surface area contributed by atoms with Crippen molar-refractivity contribution in [3.8, 4) is 17.4 Å². The molecule has 1 heterocycles. The third-order valence-corrected chi connectivity index (χ3v) is 4.65. The quantitative estimate of drug-likeness (QED) is 0.398. The minimum absolute atomic E-state index is 0.0666. The van der Waals surface area contributed by atoms with Crippen LogP contribution in [0.2, 0.25) is 10.0 Å². The first-order valence-corrected chi connectivity index (χ1v) is 9.18. The molecule has 6 heteroatoms. The number of nitrogens with zero attached hydrogens (tertiary/aromatic N) is 1. The Hall–Kier alpha value is -3.00. The van der Waals surface area contributed by atoms with E-state index in [1.807, 2.05) is 38.1 Å². The van der Waals surface area contributed by atoms with Gasteiger partial charge in [0.15, 0.2) is 0 Å². The van der Waals surface area contributed by atoms with E-state index in [1.165, 1.54) is 6.08 Å². The lowest BCUT2D eigenvalue weighted by molar-refractivity contribution is -0.112. The molecular weight excluding hydrogens is 395 g/mol. The van der Waals surface area contributed by atoms with E-state index in [0.717, 1.165) is 11.1 Å². The van der Waals surface area contributed by atoms with Gasteiger partial charge in [-0.2, -0.15) is 5.26 Å². The highest BCUT2D eigenvalue weighted by atomic mass is 35.5. The van der Waals surface area contributed by atoms with Crippen molar-refractivity contribution in [2.24, 2.45) is 0 Å². The zero-order valence-corrected chi connectivity index (χ0v) is 16.7. The van der Waals surface area contributed by atoms with Crippen molar-refractivity contribution < 1.29 is 9.21 Å². The van der Waals surface area contributed by atoms with E-state index < -0.39 is 5.91 Å². The summed E-state index contributed by atoms with van der Waals surface area (Å²) >= 11 is 12.1. The fourth-order valence-electron chi connectivity index (χ4n) is 2.70. The summed E-state index contributed by atoms with van der Waals surface area (Å²) in [5.41, 5.74) is 3.27. The molecule has 0 aliphatic heterocycles. The van der Waals surface area contributed by atoms with Gasteiger partial charge < -0.3 is 9.73 Å². The van der Waals surface area contributed by atoms with Gasteiger partial charge in [0.25, 0.3) is 5.91 Å². The average molecular weight is 411 g/mol. The molecule has 0 saturated carbocycles. The highest BCUT2D eigenvalue weighted by Crippen LogP contribution is 2.32. The van der Waals surface area contributed by atoms with Gasteiger partial charge in [0.1, 0.15) is 23.2 Å². The Morgan fingerprint density at radius 2 is 1.89 bits per heavy atom. The van der Waals surface area contributed by atoms with E-state index in [9.17, 15) is 10.1 Å². The standard InChI is InChI=1S/C22H16Cl2N2O2/c1-13-3-7-20(14(2)9-13)26-22(27)15(12-25)10-17-5-8-21(28-17)18-6-4-16(23)11-19(18)24/h3-11H,1-2H3,(H,26,27)/b15-10+. The summed E-state index contributed by atoms with van der Waals surface area (Å²) in [6.07, 6.45) is 1.40. The van der Waals surface area contributed by atoms with Gasteiger partial charge in [-0.15, -0.1) is 0 Å². The maximum Gasteiger partial charge on any atom is 0.266 e. The average Bonchev–Trinajstić information content (AvgIpc) is 3.10. The summed E-state index contributed by atoms with van der Waals surface area (Å²) in [4.78, 5) is 12.5. The number of anilines is 1. The molecular formula is C22H16Cl2N2O2. The van der Waals surface area contributed by atoms with Gasteiger partial charge in [0, 0.05) is 22.3 Å². The predicted octanol–water partition coefficient (Wildman–Crippen LogP) is 6.42. The topological polar surface area (TPSA) is 66.0 Å². The number of rotatable bonds is 4. The molecule has 0 radical (unpaired) electrons. The number of benzene rings is 2. The van der Waals surface area contributed by atoms with Gasteiger partial charge in [0.2, 0.25) is 0 Å². The first-order chi connectivity index (χ1) is 13.4. The van der Waals surface area contributed by atoms with Crippen LogP contribution in [0, 0.1) is 25.2 Å². The van der Waals surface area contributed by atoms with E-state index in [2.05, 4.69) is 5.32 Å². The molecule has 3 rings (SSSR count). The van der Waals surface area contributed by atoms with Gasteiger partial charge in [-0.1, -0.05) is 40.9 Å². The summed E-state index contributed by atoms with van der Waals surface area (Å²) in [5.74, 6) is 0.380. The summed E-state index contributed by atoms with van der Waals surface area (Å²) in [7, 11) is 0. The Labute approximate surface area is 173 Å². The summed E-state index contributed by atoms with van der Waals surface area (Å²) in [6, 6.07) is 16.0. The van der Waals surface area contributed by atoms with Crippen molar-refractivity contribution in [3.63, 3.8) is 0 Å². The van der Waals surface area contributed by atoms with E-state index in [0.29, 0.717) is 32.8 Å². The first kappa shape index (κ1) is 19.8. The van der Waals surface area contributed by atoms with Crippen molar-refractivity contribution in [1.82, 2.24) is 0 Å². The fourth-order valence-corrected chi connectivity index (χ4v) is 3.20. The molecule has 1 amide bonds. The van der Waals surface area contributed by atoms with E-state index >= 15 is 0 Å². The SMILES string of the molecule is Cc1ccc(NC(=O)/C(C#N)=C/c2ccc(-c3ccc(Cl)cc3Cl)o2)c(C)c1. The number of nitrogens with one attached hydrogen (secondary N) is 1. The molecule has 1 aromatic heterocycles. The molecule has 2 aromatic carbocycles. The van der Waals surface area contributed by atoms with E-state index in [1.54, 1.807) is 30.3 Å². The van der Waals surface area contributed by atoms with Crippen LogP contribution < -0.4 is 5.32 Å². The third kappa shape index (κ3) is 4.45. The molecule has 0 saturated heterocycles. The maximum atomic E-state index is 12.5. The largest absolute Gasteiger partial charge is 0.457 e. The fraction of sp³-hybridized carbons (Fsp3) is 0.0909. The smallest absolute Gasteiger partial charge is 0.266 e. The van der Waals surface area contributed by atoms with Gasteiger partial charge >= 0.3 is 0 Å². The molecule has 0 atom stereocenters. The van der Waals surface area contributed by atoms with Crippen LogP contribution in [0.1, 0.15) is 16.9 Å². The zero-order valence-electron chi connectivity index (χ0n) is 15.2. The molecule has 0 unspecified atom stereocenters. The van der Waals surface area contributed by atoms with Crippen LogP contribution in [-0.4, -0.2) is 5.91 Å². The second-order valence-electron chi connectivity index (χ2n) is 6.27. The highest BCUT2D eigenvalue weighted by molar-refractivity contribution is 6.36. The summed E-state index contributed by atoms with van der Waals surface area (Å²) in [6.45, 7) is 3.87. The number of amides is 1. The summed E-state index contributed by atoms with van der Waals surface area (Å²) in [5, 5.41) is 13.1. The molecule has 0 fully saturated rings. The van der Waals surface area contributed by atoms with Crippen LogP contribution in [0.25, 0.3) is 17.4 Å². The minimum Gasteiger partial charge on any atom is -0.457 e. The Kier molecular flexibility index (Phi) is 5.89. The normalized spacial score (nSPS) is 11.2. The zero-order chi connectivity index (χ0) is 20.3. The Balaban J connectivity index is 1.84. The van der Waals surface area contributed by atoms with Gasteiger partial charge in [0.05, 0.1) is 5.02 Å². The number of nitriles is 1. The van der Waals surface area contributed by atoms with Gasteiger partial charge in [-0.05, 0) is 55.8 Å². The first-order valence-electron chi connectivity index (χ1n) is 8.43. The molecule has 0 spiro atoms.